The Morgan fingerprint density at radius 2 is 1.61 bits per heavy atom. The van der Waals surface area contributed by atoms with Gasteiger partial charge in [0, 0.05) is 50.2 Å². The minimum absolute atomic E-state index is 0.0940. The lowest BCUT2D eigenvalue weighted by molar-refractivity contribution is 0.198. The largest absolute Gasteiger partial charge is 0.334 e. The first kappa shape index (κ1) is 27.9. The van der Waals surface area contributed by atoms with E-state index in [9.17, 15) is 4.79 Å². The highest BCUT2D eigenvalue weighted by molar-refractivity contribution is 6.31. The van der Waals surface area contributed by atoms with Crippen LogP contribution < -0.4 is 10.6 Å². The summed E-state index contributed by atoms with van der Waals surface area (Å²) in [5.74, 6) is 0.196. The molecule has 1 fully saturated rings. The maximum atomic E-state index is 13.5. The number of carbonyl (C=O) groups excluding carboxylic acids is 1. The second kappa shape index (κ2) is 14.7. The Kier molecular flexibility index (Phi) is 10.8. The summed E-state index contributed by atoms with van der Waals surface area (Å²) in [7, 11) is 0. The Morgan fingerprint density at radius 3 is 2.29 bits per heavy atom. The highest BCUT2D eigenvalue weighted by atomic mass is 35.5. The van der Waals surface area contributed by atoms with Gasteiger partial charge in [-0.05, 0) is 54.3 Å². The summed E-state index contributed by atoms with van der Waals surface area (Å²) in [6, 6.07) is 28.6. The molecule has 1 saturated heterocycles. The highest BCUT2D eigenvalue weighted by Gasteiger charge is 2.21. The van der Waals surface area contributed by atoms with Gasteiger partial charge in [-0.25, -0.2) is 4.79 Å². The van der Waals surface area contributed by atoms with E-state index in [0.29, 0.717) is 24.7 Å². The molecule has 0 saturated carbocycles. The molecule has 1 aliphatic heterocycles. The first-order valence-electron chi connectivity index (χ1n) is 13.6. The molecule has 0 radical (unpaired) electrons. The lowest BCUT2D eigenvalue weighted by Gasteiger charge is -2.29. The van der Waals surface area contributed by atoms with Crippen LogP contribution in [-0.4, -0.2) is 61.6 Å². The molecule has 4 rings (SSSR count). The Hall–Kier alpha value is -3.12. The van der Waals surface area contributed by atoms with E-state index in [2.05, 4.69) is 70.6 Å². The van der Waals surface area contributed by atoms with Gasteiger partial charge in [-0.3, -0.25) is 4.90 Å². The predicted octanol–water partition coefficient (Wildman–Crippen LogP) is 5.93. The number of urea groups is 1. The van der Waals surface area contributed by atoms with Crippen LogP contribution in [0.2, 0.25) is 5.02 Å². The summed E-state index contributed by atoms with van der Waals surface area (Å²) >= 11 is 6.34. The molecule has 6 heteroatoms. The molecule has 0 spiro atoms. The first-order chi connectivity index (χ1) is 18.6. The van der Waals surface area contributed by atoms with E-state index in [1.165, 1.54) is 11.1 Å². The Bertz CT molecular complexity index is 1110. The fraction of sp³-hybridized carbons (Fsp3) is 0.344. The molecule has 0 aromatic heterocycles. The van der Waals surface area contributed by atoms with Gasteiger partial charge in [0.15, 0.2) is 0 Å². The van der Waals surface area contributed by atoms with E-state index in [1.54, 1.807) is 0 Å². The number of hydrogen-bond acceptors (Lipinski definition) is 3. The van der Waals surface area contributed by atoms with Crippen LogP contribution in [0.15, 0.2) is 97.1 Å². The molecule has 38 heavy (non-hydrogen) atoms. The average molecular weight is 531 g/mol. The third kappa shape index (κ3) is 8.45. The van der Waals surface area contributed by atoms with E-state index in [4.69, 9.17) is 11.6 Å². The van der Waals surface area contributed by atoms with E-state index in [0.717, 1.165) is 56.7 Å². The summed E-state index contributed by atoms with van der Waals surface area (Å²) in [6.07, 6.45) is 1.94. The van der Waals surface area contributed by atoms with Gasteiger partial charge in [0.05, 0.1) is 0 Å². The molecule has 1 aliphatic rings. The van der Waals surface area contributed by atoms with Gasteiger partial charge in [0.25, 0.3) is 0 Å². The van der Waals surface area contributed by atoms with Crippen molar-refractivity contribution in [3.63, 3.8) is 0 Å². The fourth-order valence-electron chi connectivity index (χ4n) is 5.05. The van der Waals surface area contributed by atoms with E-state index < -0.39 is 0 Å². The Labute approximate surface area is 232 Å². The lowest BCUT2D eigenvalue weighted by Crippen LogP contribution is -2.43. The zero-order valence-electron chi connectivity index (χ0n) is 22.1. The molecule has 0 aliphatic carbocycles. The SMILES string of the molecule is C=C(CN1CCCNCC1)CN(CCC(c1ccccc1)c1ccccc1)C(=O)NCc1ccccc1Cl. The Morgan fingerprint density at radius 1 is 0.947 bits per heavy atom. The second-order valence-electron chi connectivity index (χ2n) is 9.96. The summed E-state index contributed by atoms with van der Waals surface area (Å²) < 4.78 is 0. The van der Waals surface area contributed by atoms with Gasteiger partial charge in [-0.2, -0.15) is 0 Å². The van der Waals surface area contributed by atoms with Crippen LogP contribution in [0.3, 0.4) is 0 Å². The summed E-state index contributed by atoms with van der Waals surface area (Å²) in [5.41, 5.74) is 4.47. The van der Waals surface area contributed by atoms with Gasteiger partial charge in [-0.1, -0.05) is 97.0 Å². The van der Waals surface area contributed by atoms with Crippen molar-refractivity contribution in [2.24, 2.45) is 0 Å². The van der Waals surface area contributed by atoms with Crippen molar-refractivity contribution in [1.82, 2.24) is 20.4 Å². The molecule has 1 heterocycles. The predicted molar refractivity (Wildman–Crippen MR) is 158 cm³/mol. The van der Waals surface area contributed by atoms with Crippen molar-refractivity contribution in [2.75, 3.05) is 45.8 Å². The van der Waals surface area contributed by atoms with Crippen LogP contribution in [0.4, 0.5) is 4.79 Å². The van der Waals surface area contributed by atoms with E-state index in [-0.39, 0.29) is 11.9 Å². The van der Waals surface area contributed by atoms with Gasteiger partial charge in [0.1, 0.15) is 0 Å². The van der Waals surface area contributed by atoms with Crippen LogP contribution in [0, 0.1) is 0 Å². The molecule has 3 aromatic rings. The van der Waals surface area contributed by atoms with Gasteiger partial charge < -0.3 is 15.5 Å². The molecule has 5 nitrogen and oxygen atoms in total. The molecule has 0 atom stereocenters. The van der Waals surface area contributed by atoms with Crippen molar-refractivity contribution >= 4 is 17.6 Å². The molecule has 0 bridgehead atoms. The van der Waals surface area contributed by atoms with Crippen molar-refractivity contribution in [3.8, 4) is 0 Å². The number of nitrogens with zero attached hydrogens (tertiary/aromatic N) is 2. The number of halogens is 1. The zero-order valence-corrected chi connectivity index (χ0v) is 22.9. The second-order valence-corrected chi connectivity index (χ2v) is 10.4. The standard InChI is InChI=1S/C32H39ClN4O/c1-26(24-36-20-10-18-34-19-22-36)25-37(32(38)35-23-29-15-8-9-16-31(29)33)21-17-30(27-11-4-2-5-12-27)28-13-6-3-7-14-28/h2-9,11-16,30,34H,1,10,17-25H2,(H,35,38). The number of amides is 2. The van der Waals surface area contributed by atoms with Crippen molar-refractivity contribution in [3.05, 3.63) is 119 Å². The molecule has 0 unspecified atom stereocenters. The first-order valence-corrected chi connectivity index (χ1v) is 13.9. The average Bonchev–Trinajstić information content (AvgIpc) is 3.21. The van der Waals surface area contributed by atoms with Crippen LogP contribution in [-0.2, 0) is 6.54 Å². The highest BCUT2D eigenvalue weighted by Crippen LogP contribution is 2.28. The van der Waals surface area contributed by atoms with Gasteiger partial charge >= 0.3 is 6.03 Å². The third-order valence-electron chi connectivity index (χ3n) is 7.06. The summed E-state index contributed by atoms with van der Waals surface area (Å²) in [5, 5.41) is 7.21. The third-order valence-corrected chi connectivity index (χ3v) is 7.43. The zero-order chi connectivity index (χ0) is 26.6. The van der Waals surface area contributed by atoms with E-state index in [1.807, 2.05) is 41.3 Å². The molecular formula is C32H39ClN4O. The number of nitrogens with one attached hydrogen (secondary N) is 2. The van der Waals surface area contributed by atoms with E-state index >= 15 is 0 Å². The Balaban J connectivity index is 1.47. The number of carbonyl (C=O) groups is 1. The minimum atomic E-state index is -0.0940. The molecule has 2 N–H and O–H groups in total. The number of hydrogen-bond donors (Lipinski definition) is 2. The van der Waals surface area contributed by atoms with Crippen LogP contribution in [0.25, 0.3) is 0 Å². The minimum Gasteiger partial charge on any atom is -0.334 e. The van der Waals surface area contributed by atoms with Gasteiger partial charge in [-0.15, -0.1) is 0 Å². The van der Waals surface area contributed by atoms with Gasteiger partial charge in [0.2, 0.25) is 0 Å². The topological polar surface area (TPSA) is 47.6 Å². The fourth-order valence-corrected chi connectivity index (χ4v) is 5.26. The maximum Gasteiger partial charge on any atom is 0.317 e. The van der Waals surface area contributed by atoms with Crippen LogP contribution in [0.1, 0.15) is 35.4 Å². The monoisotopic (exact) mass is 530 g/mol. The molecule has 3 aromatic carbocycles. The van der Waals surface area contributed by atoms with Crippen molar-refractivity contribution in [1.29, 1.82) is 0 Å². The summed E-state index contributed by atoms with van der Waals surface area (Å²) in [6.45, 7) is 10.8. The maximum absolute atomic E-state index is 13.5. The molecule has 2 amide bonds. The summed E-state index contributed by atoms with van der Waals surface area (Å²) in [4.78, 5) is 17.8. The van der Waals surface area contributed by atoms with Crippen LogP contribution in [0.5, 0.6) is 0 Å². The number of benzene rings is 3. The lowest BCUT2D eigenvalue weighted by atomic mass is 9.88. The number of rotatable bonds is 11. The van der Waals surface area contributed by atoms with Crippen molar-refractivity contribution in [2.45, 2.75) is 25.3 Å². The normalized spacial score (nSPS) is 14.2. The quantitative estimate of drug-likeness (QED) is 0.302. The van der Waals surface area contributed by atoms with Crippen molar-refractivity contribution < 1.29 is 4.79 Å². The molecular weight excluding hydrogens is 492 g/mol. The molecule has 200 valence electrons. The smallest absolute Gasteiger partial charge is 0.317 e. The van der Waals surface area contributed by atoms with Crippen LogP contribution >= 0.6 is 11.6 Å².